The summed E-state index contributed by atoms with van der Waals surface area (Å²) in [6, 6.07) is 16.4. The Balaban J connectivity index is 1.73. The molecule has 0 aliphatic heterocycles. The Morgan fingerprint density at radius 3 is 2.70 bits per heavy atom. The van der Waals surface area contributed by atoms with E-state index in [9.17, 15) is 20.0 Å². The highest BCUT2D eigenvalue weighted by Crippen LogP contribution is 2.27. The SMILES string of the molecule is O=C(c1ccc(-c2cccc([N+](=O)[O-])c2)o1)n1cc(CO)c2ccccc21. The average molecular weight is 362 g/mol. The zero-order valence-corrected chi connectivity index (χ0v) is 14.0. The molecule has 0 spiro atoms. The van der Waals surface area contributed by atoms with Gasteiger partial charge in [-0.05, 0) is 18.2 Å². The van der Waals surface area contributed by atoms with E-state index in [0.29, 0.717) is 22.4 Å². The van der Waals surface area contributed by atoms with Crippen LogP contribution in [0.15, 0.2) is 71.3 Å². The first kappa shape index (κ1) is 16.7. The van der Waals surface area contributed by atoms with Gasteiger partial charge in [0, 0.05) is 34.8 Å². The summed E-state index contributed by atoms with van der Waals surface area (Å²) in [6.07, 6.45) is 1.59. The van der Waals surface area contributed by atoms with E-state index in [1.54, 1.807) is 30.5 Å². The van der Waals surface area contributed by atoms with E-state index in [-0.39, 0.29) is 24.0 Å². The van der Waals surface area contributed by atoms with Gasteiger partial charge in [0.25, 0.3) is 11.6 Å². The lowest BCUT2D eigenvalue weighted by Gasteiger charge is -2.01. The molecule has 0 atom stereocenters. The van der Waals surface area contributed by atoms with Crippen molar-refractivity contribution in [3.05, 3.63) is 88.3 Å². The molecule has 0 bridgehead atoms. The largest absolute Gasteiger partial charge is 0.451 e. The third-order valence-corrected chi connectivity index (χ3v) is 4.34. The molecule has 27 heavy (non-hydrogen) atoms. The highest BCUT2D eigenvalue weighted by Gasteiger charge is 2.19. The van der Waals surface area contributed by atoms with Gasteiger partial charge in [-0.25, -0.2) is 0 Å². The maximum atomic E-state index is 12.9. The number of aromatic nitrogens is 1. The molecule has 0 unspecified atom stereocenters. The van der Waals surface area contributed by atoms with E-state index < -0.39 is 4.92 Å². The highest BCUT2D eigenvalue weighted by molar-refractivity contribution is 6.01. The van der Waals surface area contributed by atoms with Crippen LogP contribution in [-0.4, -0.2) is 20.5 Å². The number of fused-ring (bicyclic) bond motifs is 1. The van der Waals surface area contributed by atoms with Gasteiger partial charge in [-0.2, -0.15) is 0 Å². The third kappa shape index (κ3) is 2.90. The molecule has 0 saturated heterocycles. The minimum Gasteiger partial charge on any atom is -0.451 e. The van der Waals surface area contributed by atoms with Gasteiger partial charge in [-0.15, -0.1) is 0 Å². The topological polar surface area (TPSA) is 98.5 Å². The number of hydrogen-bond acceptors (Lipinski definition) is 5. The molecular formula is C20H14N2O5. The van der Waals surface area contributed by atoms with Crippen LogP contribution < -0.4 is 0 Å². The van der Waals surface area contributed by atoms with E-state index >= 15 is 0 Å². The minimum atomic E-state index is -0.485. The molecule has 134 valence electrons. The van der Waals surface area contributed by atoms with Crippen LogP contribution in [0.3, 0.4) is 0 Å². The van der Waals surface area contributed by atoms with Gasteiger partial charge >= 0.3 is 0 Å². The summed E-state index contributed by atoms with van der Waals surface area (Å²) < 4.78 is 7.08. The van der Waals surface area contributed by atoms with Gasteiger partial charge in [0.05, 0.1) is 17.0 Å². The Kier molecular flexibility index (Phi) is 4.06. The third-order valence-electron chi connectivity index (χ3n) is 4.34. The predicted octanol–water partition coefficient (Wildman–Crippen LogP) is 3.99. The van der Waals surface area contributed by atoms with Crippen LogP contribution in [0.4, 0.5) is 5.69 Å². The molecule has 4 aromatic rings. The quantitative estimate of drug-likeness (QED) is 0.437. The summed E-state index contributed by atoms with van der Waals surface area (Å²) in [7, 11) is 0. The first-order chi connectivity index (χ1) is 13.1. The number of carbonyl (C=O) groups excluding carboxylic acids is 1. The van der Waals surface area contributed by atoms with Crippen LogP contribution in [0.5, 0.6) is 0 Å². The van der Waals surface area contributed by atoms with E-state index in [1.807, 2.05) is 18.2 Å². The average Bonchev–Trinajstić information content (AvgIpc) is 3.33. The van der Waals surface area contributed by atoms with Gasteiger partial charge < -0.3 is 9.52 Å². The molecule has 0 amide bonds. The number of nitro groups is 1. The lowest BCUT2D eigenvalue weighted by Crippen LogP contribution is -2.09. The summed E-state index contributed by atoms with van der Waals surface area (Å²) in [5.41, 5.74) is 1.77. The van der Waals surface area contributed by atoms with Crippen molar-refractivity contribution in [2.75, 3.05) is 0 Å². The van der Waals surface area contributed by atoms with Crippen LogP contribution in [0, 0.1) is 10.1 Å². The van der Waals surface area contributed by atoms with E-state index in [0.717, 1.165) is 5.39 Å². The summed E-state index contributed by atoms with van der Waals surface area (Å²) >= 11 is 0. The number of carbonyl (C=O) groups is 1. The lowest BCUT2D eigenvalue weighted by molar-refractivity contribution is -0.384. The lowest BCUT2D eigenvalue weighted by atomic mass is 10.1. The maximum absolute atomic E-state index is 12.9. The molecule has 0 aliphatic carbocycles. The molecule has 4 rings (SSSR count). The summed E-state index contributed by atoms with van der Waals surface area (Å²) in [5, 5.41) is 21.2. The summed E-state index contributed by atoms with van der Waals surface area (Å²) in [5.74, 6) is 0.0743. The molecular weight excluding hydrogens is 348 g/mol. The van der Waals surface area contributed by atoms with Crippen molar-refractivity contribution >= 4 is 22.5 Å². The standard InChI is InChI=1S/C20H14N2O5/c23-12-14-11-21(17-7-2-1-6-16(14)17)20(24)19-9-8-18(27-19)13-4-3-5-15(10-13)22(25)26/h1-11,23H,12H2. The fourth-order valence-corrected chi connectivity index (χ4v) is 3.04. The summed E-state index contributed by atoms with van der Waals surface area (Å²) in [4.78, 5) is 23.3. The minimum absolute atomic E-state index is 0.0548. The Morgan fingerprint density at radius 1 is 1.11 bits per heavy atom. The van der Waals surface area contributed by atoms with Crippen molar-refractivity contribution < 1.29 is 19.2 Å². The number of para-hydroxylation sites is 1. The van der Waals surface area contributed by atoms with Crippen molar-refractivity contribution in [2.45, 2.75) is 6.61 Å². The van der Waals surface area contributed by atoms with E-state index in [2.05, 4.69) is 0 Å². The first-order valence-electron chi connectivity index (χ1n) is 8.17. The second-order valence-electron chi connectivity index (χ2n) is 5.98. The molecule has 2 aromatic carbocycles. The van der Waals surface area contributed by atoms with Crippen molar-refractivity contribution in [1.29, 1.82) is 0 Å². The highest BCUT2D eigenvalue weighted by atomic mass is 16.6. The Morgan fingerprint density at radius 2 is 1.93 bits per heavy atom. The van der Waals surface area contributed by atoms with Gasteiger partial charge in [-0.1, -0.05) is 30.3 Å². The van der Waals surface area contributed by atoms with Gasteiger partial charge in [0.2, 0.25) is 0 Å². The number of nitro benzene ring substituents is 1. The van der Waals surface area contributed by atoms with Crippen LogP contribution in [0.25, 0.3) is 22.2 Å². The number of non-ortho nitro benzene ring substituents is 1. The van der Waals surface area contributed by atoms with Crippen molar-refractivity contribution in [3.8, 4) is 11.3 Å². The number of rotatable bonds is 4. The molecule has 7 heteroatoms. The molecule has 2 heterocycles. The number of aliphatic hydroxyl groups is 1. The second kappa shape index (κ2) is 6.54. The normalized spacial score (nSPS) is 11.0. The van der Waals surface area contributed by atoms with Crippen LogP contribution in [0.2, 0.25) is 0 Å². The van der Waals surface area contributed by atoms with E-state index in [1.165, 1.54) is 22.8 Å². The Bertz CT molecular complexity index is 1170. The van der Waals surface area contributed by atoms with Gasteiger partial charge in [-0.3, -0.25) is 19.5 Å². The maximum Gasteiger partial charge on any atom is 0.298 e. The molecule has 7 nitrogen and oxygen atoms in total. The van der Waals surface area contributed by atoms with Crippen LogP contribution in [0.1, 0.15) is 16.1 Å². The molecule has 1 N–H and O–H groups in total. The number of benzene rings is 2. The zero-order valence-electron chi connectivity index (χ0n) is 14.0. The molecule has 0 fully saturated rings. The van der Waals surface area contributed by atoms with E-state index in [4.69, 9.17) is 4.42 Å². The molecule has 0 radical (unpaired) electrons. The Hall–Kier alpha value is -3.71. The fraction of sp³-hybridized carbons (Fsp3) is 0.0500. The molecule has 2 aromatic heterocycles. The first-order valence-corrected chi connectivity index (χ1v) is 8.17. The van der Waals surface area contributed by atoms with Gasteiger partial charge in [0.15, 0.2) is 5.76 Å². The smallest absolute Gasteiger partial charge is 0.298 e. The number of hydrogen-bond donors (Lipinski definition) is 1. The monoisotopic (exact) mass is 362 g/mol. The number of furan rings is 1. The van der Waals surface area contributed by atoms with Crippen LogP contribution >= 0.6 is 0 Å². The van der Waals surface area contributed by atoms with Gasteiger partial charge in [0.1, 0.15) is 5.76 Å². The van der Waals surface area contributed by atoms with Crippen LogP contribution in [-0.2, 0) is 6.61 Å². The zero-order chi connectivity index (χ0) is 19.0. The van der Waals surface area contributed by atoms with Crippen molar-refractivity contribution in [2.24, 2.45) is 0 Å². The number of aliphatic hydroxyl groups excluding tert-OH is 1. The molecule has 0 saturated carbocycles. The Labute approximate surface area is 153 Å². The van der Waals surface area contributed by atoms with Crippen molar-refractivity contribution in [3.63, 3.8) is 0 Å². The predicted molar refractivity (Wildman–Crippen MR) is 98.4 cm³/mol. The number of nitrogens with zero attached hydrogens (tertiary/aromatic N) is 2. The second-order valence-corrected chi connectivity index (χ2v) is 5.98. The fourth-order valence-electron chi connectivity index (χ4n) is 3.04. The van der Waals surface area contributed by atoms with Crippen molar-refractivity contribution in [1.82, 2.24) is 4.57 Å². The summed E-state index contributed by atoms with van der Waals surface area (Å²) in [6.45, 7) is -0.183. The molecule has 0 aliphatic rings.